The SMILES string of the molecule is CC(C)(C)NCCCc1ccc2c(c1)CNCC2. The molecule has 0 radical (unpaired) electrons. The van der Waals surface area contributed by atoms with Crippen LogP contribution in [-0.4, -0.2) is 18.6 Å². The molecule has 1 aliphatic heterocycles. The van der Waals surface area contributed by atoms with E-state index in [4.69, 9.17) is 0 Å². The van der Waals surface area contributed by atoms with Crippen molar-refractivity contribution in [2.24, 2.45) is 0 Å². The summed E-state index contributed by atoms with van der Waals surface area (Å²) in [6.45, 7) is 9.93. The van der Waals surface area contributed by atoms with Crippen molar-refractivity contribution >= 4 is 0 Å². The zero-order chi connectivity index (χ0) is 13.0. The molecule has 1 aromatic carbocycles. The quantitative estimate of drug-likeness (QED) is 0.798. The highest BCUT2D eigenvalue weighted by molar-refractivity contribution is 5.33. The van der Waals surface area contributed by atoms with Crippen LogP contribution in [0.3, 0.4) is 0 Å². The summed E-state index contributed by atoms with van der Waals surface area (Å²) in [6, 6.07) is 7.02. The third-order valence-electron chi connectivity index (χ3n) is 3.45. The monoisotopic (exact) mass is 246 g/mol. The van der Waals surface area contributed by atoms with Crippen molar-refractivity contribution in [1.82, 2.24) is 10.6 Å². The van der Waals surface area contributed by atoms with Crippen molar-refractivity contribution in [2.75, 3.05) is 13.1 Å². The Bertz CT molecular complexity index is 391. The molecule has 2 nitrogen and oxygen atoms in total. The lowest BCUT2D eigenvalue weighted by Gasteiger charge is -2.21. The molecule has 2 rings (SSSR count). The molecule has 0 saturated carbocycles. The van der Waals surface area contributed by atoms with Crippen LogP contribution >= 0.6 is 0 Å². The fraction of sp³-hybridized carbons (Fsp3) is 0.625. The third kappa shape index (κ3) is 4.11. The largest absolute Gasteiger partial charge is 0.312 e. The predicted octanol–water partition coefficient (Wildman–Crippen LogP) is 2.65. The van der Waals surface area contributed by atoms with Crippen molar-refractivity contribution in [3.63, 3.8) is 0 Å². The van der Waals surface area contributed by atoms with Crippen LogP contribution in [0.1, 0.15) is 43.9 Å². The summed E-state index contributed by atoms with van der Waals surface area (Å²) in [4.78, 5) is 0. The summed E-state index contributed by atoms with van der Waals surface area (Å²) in [5.74, 6) is 0. The maximum Gasteiger partial charge on any atom is 0.0208 e. The van der Waals surface area contributed by atoms with Crippen LogP contribution in [0.25, 0.3) is 0 Å². The number of hydrogen-bond acceptors (Lipinski definition) is 2. The first kappa shape index (κ1) is 13.6. The Morgan fingerprint density at radius 2 is 2.06 bits per heavy atom. The van der Waals surface area contributed by atoms with Crippen molar-refractivity contribution < 1.29 is 0 Å². The van der Waals surface area contributed by atoms with Gasteiger partial charge in [-0.05, 0) is 69.8 Å². The van der Waals surface area contributed by atoms with Crippen molar-refractivity contribution in [2.45, 2.75) is 52.1 Å². The average molecular weight is 246 g/mol. The highest BCUT2D eigenvalue weighted by Crippen LogP contribution is 2.16. The Kier molecular flexibility index (Phi) is 4.41. The van der Waals surface area contributed by atoms with E-state index in [0.717, 1.165) is 19.6 Å². The zero-order valence-corrected chi connectivity index (χ0v) is 12.0. The molecule has 2 N–H and O–H groups in total. The maximum absolute atomic E-state index is 3.54. The number of hydrogen-bond donors (Lipinski definition) is 2. The number of benzene rings is 1. The zero-order valence-electron chi connectivity index (χ0n) is 12.0. The van der Waals surface area contributed by atoms with E-state index in [1.165, 1.54) is 36.0 Å². The Morgan fingerprint density at radius 1 is 1.22 bits per heavy atom. The topological polar surface area (TPSA) is 24.1 Å². The van der Waals surface area contributed by atoms with Gasteiger partial charge in [0.25, 0.3) is 0 Å². The van der Waals surface area contributed by atoms with E-state index in [9.17, 15) is 0 Å². The van der Waals surface area contributed by atoms with Crippen molar-refractivity contribution in [3.05, 3.63) is 34.9 Å². The van der Waals surface area contributed by atoms with E-state index in [1.54, 1.807) is 0 Å². The average Bonchev–Trinajstić information content (AvgIpc) is 2.33. The molecule has 0 unspecified atom stereocenters. The molecule has 1 aromatic rings. The molecule has 0 saturated heterocycles. The van der Waals surface area contributed by atoms with Crippen LogP contribution in [0.5, 0.6) is 0 Å². The van der Waals surface area contributed by atoms with Gasteiger partial charge in [-0.2, -0.15) is 0 Å². The summed E-state index contributed by atoms with van der Waals surface area (Å²) in [5.41, 5.74) is 4.75. The van der Waals surface area contributed by atoms with Gasteiger partial charge in [0.05, 0.1) is 0 Å². The number of aryl methyl sites for hydroxylation is 1. The molecule has 0 bridgehead atoms. The van der Waals surface area contributed by atoms with E-state index in [1.807, 2.05) is 0 Å². The van der Waals surface area contributed by atoms with E-state index in [2.05, 4.69) is 49.6 Å². The predicted molar refractivity (Wildman–Crippen MR) is 77.9 cm³/mol. The van der Waals surface area contributed by atoms with E-state index in [0.29, 0.717) is 0 Å². The van der Waals surface area contributed by atoms with Gasteiger partial charge in [0.15, 0.2) is 0 Å². The fourth-order valence-electron chi connectivity index (χ4n) is 2.45. The van der Waals surface area contributed by atoms with Crippen LogP contribution < -0.4 is 10.6 Å². The van der Waals surface area contributed by atoms with Gasteiger partial charge < -0.3 is 10.6 Å². The highest BCUT2D eigenvalue weighted by Gasteiger charge is 2.09. The standard InChI is InChI=1S/C16H26N2/c1-16(2,3)18-9-4-5-13-6-7-14-8-10-17-12-15(14)11-13/h6-7,11,17-18H,4-5,8-10,12H2,1-3H3. The number of rotatable bonds is 4. The Labute approximate surface area is 111 Å². The Hall–Kier alpha value is -0.860. The fourth-order valence-corrected chi connectivity index (χ4v) is 2.45. The second-order valence-corrected chi connectivity index (χ2v) is 6.31. The molecular weight excluding hydrogens is 220 g/mol. The smallest absolute Gasteiger partial charge is 0.0208 e. The Balaban J connectivity index is 1.83. The van der Waals surface area contributed by atoms with Crippen LogP contribution in [0.4, 0.5) is 0 Å². The molecule has 100 valence electrons. The second-order valence-electron chi connectivity index (χ2n) is 6.31. The molecule has 1 aliphatic rings. The minimum Gasteiger partial charge on any atom is -0.312 e. The van der Waals surface area contributed by atoms with E-state index in [-0.39, 0.29) is 5.54 Å². The molecule has 0 atom stereocenters. The van der Waals surface area contributed by atoms with Crippen molar-refractivity contribution in [1.29, 1.82) is 0 Å². The summed E-state index contributed by atoms with van der Waals surface area (Å²) in [6.07, 6.45) is 3.57. The molecule has 0 fully saturated rings. The van der Waals surface area contributed by atoms with Gasteiger partial charge in [-0.1, -0.05) is 18.2 Å². The number of nitrogens with one attached hydrogen (secondary N) is 2. The summed E-state index contributed by atoms with van der Waals surface area (Å²) < 4.78 is 0. The minimum absolute atomic E-state index is 0.236. The van der Waals surface area contributed by atoms with Crippen LogP contribution in [0.15, 0.2) is 18.2 Å². The summed E-state index contributed by atoms with van der Waals surface area (Å²) >= 11 is 0. The first-order valence-corrected chi connectivity index (χ1v) is 7.11. The molecule has 1 heterocycles. The van der Waals surface area contributed by atoms with Gasteiger partial charge in [0, 0.05) is 12.1 Å². The van der Waals surface area contributed by atoms with Gasteiger partial charge in [-0.25, -0.2) is 0 Å². The lowest BCUT2D eigenvalue weighted by atomic mass is 9.97. The second kappa shape index (κ2) is 5.85. The third-order valence-corrected chi connectivity index (χ3v) is 3.45. The van der Waals surface area contributed by atoms with Gasteiger partial charge >= 0.3 is 0 Å². The molecule has 18 heavy (non-hydrogen) atoms. The summed E-state index contributed by atoms with van der Waals surface area (Å²) in [5, 5.41) is 6.99. The number of fused-ring (bicyclic) bond motifs is 1. The minimum atomic E-state index is 0.236. The van der Waals surface area contributed by atoms with Crippen LogP contribution in [-0.2, 0) is 19.4 Å². The van der Waals surface area contributed by atoms with Crippen LogP contribution in [0, 0.1) is 0 Å². The maximum atomic E-state index is 3.54. The molecular formula is C16H26N2. The van der Waals surface area contributed by atoms with E-state index >= 15 is 0 Å². The lowest BCUT2D eigenvalue weighted by Crippen LogP contribution is -2.36. The first-order chi connectivity index (χ1) is 8.54. The van der Waals surface area contributed by atoms with Crippen molar-refractivity contribution in [3.8, 4) is 0 Å². The normalized spacial score (nSPS) is 15.5. The van der Waals surface area contributed by atoms with Gasteiger partial charge in [0.2, 0.25) is 0 Å². The Morgan fingerprint density at radius 3 is 2.83 bits per heavy atom. The van der Waals surface area contributed by atoms with Gasteiger partial charge in [0.1, 0.15) is 0 Å². The first-order valence-electron chi connectivity index (χ1n) is 7.11. The molecule has 0 spiro atoms. The molecule has 0 amide bonds. The molecule has 0 aliphatic carbocycles. The van der Waals surface area contributed by atoms with Crippen LogP contribution in [0.2, 0.25) is 0 Å². The molecule has 0 aromatic heterocycles. The van der Waals surface area contributed by atoms with E-state index < -0.39 is 0 Å². The van der Waals surface area contributed by atoms with Gasteiger partial charge in [-0.15, -0.1) is 0 Å². The molecule has 2 heteroatoms. The van der Waals surface area contributed by atoms with Gasteiger partial charge in [-0.3, -0.25) is 0 Å². The summed E-state index contributed by atoms with van der Waals surface area (Å²) in [7, 11) is 0. The lowest BCUT2D eigenvalue weighted by molar-refractivity contribution is 0.422. The highest BCUT2D eigenvalue weighted by atomic mass is 14.9.